The van der Waals surface area contributed by atoms with Crippen molar-refractivity contribution in [2.75, 3.05) is 0 Å². The van der Waals surface area contributed by atoms with Crippen molar-refractivity contribution in [1.29, 1.82) is 0 Å². The second-order valence-electron chi connectivity index (χ2n) is 6.64. The minimum atomic E-state index is -0.716. The fraction of sp³-hybridized carbons (Fsp3) is 0.0909. The van der Waals surface area contributed by atoms with Crippen molar-refractivity contribution in [2.45, 2.75) is 12.1 Å². The lowest BCUT2D eigenvalue weighted by Crippen LogP contribution is -2.19. The van der Waals surface area contributed by atoms with Crippen LogP contribution in [-0.2, 0) is 4.74 Å². The molecule has 1 saturated heterocycles. The molecule has 1 aliphatic rings. The quantitative estimate of drug-likeness (QED) is 0.563. The lowest BCUT2D eigenvalue weighted by atomic mass is 9.97. The first kappa shape index (κ1) is 17.1. The highest BCUT2D eigenvalue weighted by Gasteiger charge is 2.40. The van der Waals surface area contributed by atoms with Gasteiger partial charge in [0.1, 0.15) is 6.04 Å². The number of rotatable bonds is 4. The van der Waals surface area contributed by atoms with Crippen molar-refractivity contribution >= 4 is 6.09 Å². The second kappa shape index (κ2) is 7.20. The molecule has 2 aromatic carbocycles. The Labute approximate surface area is 166 Å². The van der Waals surface area contributed by atoms with Crippen LogP contribution < -0.4 is 5.32 Å². The number of pyridine rings is 1. The number of aromatic nitrogens is 3. The molecule has 2 aromatic heterocycles. The van der Waals surface area contributed by atoms with E-state index in [0.29, 0.717) is 5.82 Å². The number of carbonyl (C=O) groups excluding carboxylic acids is 1. The average molecular weight is 384 g/mol. The summed E-state index contributed by atoms with van der Waals surface area (Å²) in [6.45, 7) is 0. The largest absolute Gasteiger partial charge is 0.433 e. The first-order valence-electron chi connectivity index (χ1n) is 9.14. The van der Waals surface area contributed by atoms with Gasteiger partial charge in [0.05, 0.1) is 0 Å². The summed E-state index contributed by atoms with van der Waals surface area (Å²) < 4.78 is 10.9. The van der Waals surface area contributed by atoms with Crippen molar-refractivity contribution in [2.24, 2.45) is 0 Å². The number of carbonyl (C=O) groups is 1. The minimum Gasteiger partial charge on any atom is -0.433 e. The third kappa shape index (κ3) is 3.34. The van der Waals surface area contributed by atoms with Crippen molar-refractivity contribution < 1.29 is 14.1 Å². The third-order valence-electron chi connectivity index (χ3n) is 4.77. The number of alkyl carbamates (subject to hydrolysis) is 1. The van der Waals surface area contributed by atoms with Crippen molar-refractivity contribution in [1.82, 2.24) is 20.4 Å². The third-order valence-corrected chi connectivity index (χ3v) is 4.77. The van der Waals surface area contributed by atoms with Gasteiger partial charge in [0, 0.05) is 18.0 Å². The maximum Gasteiger partial charge on any atom is 0.408 e. The topological polar surface area (TPSA) is 90.1 Å². The van der Waals surface area contributed by atoms with Gasteiger partial charge in [-0.2, -0.15) is 4.98 Å². The lowest BCUT2D eigenvalue weighted by molar-refractivity contribution is 0.108. The molecule has 0 spiro atoms. The van der Waals surface area contributed by atoms with Crippen molar-refractivity contribution in [3.8, 4) is 22.5 Å². The van der Waals surface area contributed by atoms with E-state index in [9.17, 15) is 4.79 Å². The molecule has 3 heterocycles. The smallest absolute Gasteiger partial charge is 0.408 e. The molecule has 0 aliphatic carbocycles. The number of nitrogens with zero attached hydrogens (tertiary/aromatic N) is 3. The van der Waals surface area contributed by atoms with Gasteiger partial charge in [-0.05, 0) is 34.9 Å². The number of cyclic esters (lactones) is 1. The van der Waals surface area contributed by atoms with Crippen LogP contribution >= 0.6 is 0 Å². The molecular weight excluding hydrogens is 368 g/mol. The van der Waals surface area contributed by atoms with Crippen LogP contribution in [0.3, 0.4) is 0 Å². The van der Waals surface area contributed by atoms with Gasteiger partial charge in [-0.25, -0.2) is 4.79 Å². The molecule has 0 saturated carbocycles. The Balaban J connectivity index is 1.48. The zero-order valence-electron chi connectivity index (χ0n) is 15.2. The summed E-state index contributed by atoms with van der Waals surface area (Å²) in [5.74, 6) is 0.630. The Morgan fingerprint density at radius 2 is 1.72 bits per heavy atom. The fourth-order valence-electron chi connectivity index (χ4n) is 3.38. The van der Waals surface area contributed by atoms with Crippen LogP contribution in [0.5, 0.6) is 0 Å². The molecule has 29 heavy (non-hydrogen) atoms. The van der Waals surface area contributed by atoms with E-state index in [1.54, 1.807) is 18.5 Å². The highest BCUT2D eigenvalue weighted by Crippen LogP contribution is 2.37. The van der Waals surface area contributed by atoms with Gasteiger partial charge in [-0.15, -0.1) is 0 Å². The van der Waals surface area contributed by atoms with E-state index in [1.807, 2.05) is 60.7 Å². The number of nitrogens with one attached hydrogen (secondary N) is 1. The van der Waals surface area contributed by atoms with E-state index < -0.39 is 18.2 Å². The maximum absolute atomic E-state index is 12.0. The van der Waals surface area contributed by atoms with Gasteiger partial charge in [0.2, 0.25) is 11.9 Å². The lowest BCUT2D eigenvalue weighted by Gasteiger charge is -2.15. The standard InChI is InChI=1S/C22H16N4O3/c27-22-24-18(16-9-4-8-15(12-16)14-6-2-1-3-7-14)19(28-22)21-25-20(26-29-21)17-10-5-11-23-13-17/h1-13,18-19H,(H,24,27)/t18-,19+/m0/s1. The summed E-state index contributed by atoms with van der Waals surface area (Å²) in [6.07, 6.45) is 2.08. The van der Waals surface area contributed by atoms with Gasteiger partial charge in [0.15, 0.2) is 0 Å². The van der Waals surface area contributed by atoms with Gasteiger partial charge in [0.25, 0.3) is 5.89 Å². The number of benzene rings is 2. The van der Waals surface area contributed by atoms with E-state index >= 15 is 0 Å². The molecule has 7 heteroatoms. The van der Waals surface area contributed by atoms with Crippen LogP contribution in [0.15, 0.2) is 83.6 Å². The molecule has 5 rings (SSSR count). The molecule has 0 bridgehead atoms. The van der Waals surface area contributed by atoms with Crippen LogP contribution in [0.2, 0.25) is 0 Å². The molecule has 4 aromatic rings. The van der Waals surface area contributed by atoms with Crippen LogP contribution in [0.1, 0.15) is 23.6 Å². The predicted octanol–water partition coefficient (Wildman–Crippen LogP) is 4.32. The van der Waals surface area contributed by atoms with Gasteiger partial charge < -0.3 is 14.6 Å². The zero-order chi connectivity index (χ0) is 19.6. The maximum atomic E-state index is 12.0. The summed E-state index contributed by atoms with van der Waals surface area (Å²) >= 11 is 0. The average Bonchev–Trinajstić information content (AvgIpc) is 3.42. The Morgan fingerprint density at radius 3 is 2.55 bits per heavy atom. The van der Waals surface area contributed by atoms with Gasteiger partial charge >= 0.3 is 6.09 Å². The molecular formula is C22H16N4O3. The number of hydrogen-bond acceptors (Lipinski definition) is 6. The first-order chi connectivity index (χ1) is 14.3. The van der Waals surface area contributed by atoms with Crippen LogP contribution in [0.4, 0.5) is 4.79 Å². The second-order valence-corrected chi connectivity index (χ2v) is 6.64. The van der Waals surface area contributed by atoms with Gasteiger partial charge in [-0.3, -0.25) is 4.98 Å². The highest BCUT2D eigenvalue weighted by atomic mass is 16.6. The van der Waals surface area contributed by atoms with E-state index in [1.165, 1.54) is 0 Å². The summed E-state index contributed by atoms with van der Waals surface area (Å²) in [7, 11) is 0. The summed E-state index contributed by atoms with van der Waals surface area (Å²) in [4.78, 5) is 20.5. The zero-order valence-corrected chi connectivity index (χ0v) is 15.2. The van der Waals surface area contributed by atoms with Crippen molar-refractivity contribution in [3.05, 3.63) is 90.6 Å². The molecule has 2 atom stereocenters. The molecule has 1 fully saturated rings. The van der Waals surface area contributed by atoms with Gasteiger partial charge in [-0.1, -0.05) is 53.7 Å². The fourth-order valence-corrected chi connectivity index (χ4v) is 3.38. The van der Waals surface area contributed by atoms with E-state index in [2.05, 4.69) is 20.4 Å². The SMILES string of the molecule is O=C1N[C@@H](c2cccc(-c3ccccc3)c2)[C@H](c2nc(-c3cccnc3)no2)O1. The summed E-state index contributed by atoms with van der Waals surface area (Å²) in [5, 5.41) is 6.85. The number of amides is 1. The Kier molecular flexibility index (Phi) is 4.25. The van der Waals surface area contributed by atoms with Crippen LogP contribution in [0, 0.1) is 0 Å². The monoisotopic (exact) mass is 384 g/mol. The normalized spacial score (nSPS) is 18.3. The van der Waals surface area contributed by atoms with Crippen molar-refractivity contribution in [3.63, 3.8) is 0 Å². The highest BCUT2D eigenvalue weighted by molar-refractivity contribution is 5.71. The first-order valence-corrected chi connectivity index (χ1v) is 9.14. The summed E-state index contributed by atoms with van der Waals surface area (Å²) in [6, 6.07) is 21.2. The number of ether oxygens (including phenoxy) is 1. The van der Waals surface area contributed by atoms with Crippen LogP contribution in [-0.4, -0.2) is 21.2 Å². The Hall–Kier alpha value is -4.00. The van der Waals surface area contributed by atoms with E-state index in [-0.39, 0.29) is 5.89 Å². The Morgan fingerprint density at radius 1 is 0.897 bits per heavy atom. The molecule has 1 aliphatic heterocycles. The molecule has 1 N–H and O–H groups in total. The predicted molar refractivity (Wildman–Crippen MR) is 105 cm³/mol. The molecule has 0 radical (unpaired) electrons. The summed E-state index contributed by atoms with van der Waals surface area (Å²) in [5.41, 5.74) is 3.75. The van der Waals surface area contributed by atoms with E-state index in [4.69, 9.17) is 9.26 Å². The molecule has 142 valence electrons. The molecule has 7 nitrogen and oxygen atoms in total. The van der Waals surface area contributed by atoms with E-state index in [0.717, 1.165) is 22.3 Å². The van der Waals surface area contributed by atoms with Crippen LogP contribution in [0.25, 0.3) is 22.5 Å². The minimum absolute atomic E-state index is 0.234. The molecule has 1 amide bonds. The Bertz CT molecular complexity index is 1140. The number of hydrogen-bond donors (Lipinski definition) is 1. The molecule has 0 unspecified atom stereocenters.